The molecule has 0 spiro atoms. The molecule has 9 heteroatoms. The lowest BCUT2D eigenvalue weighted by molar-refractivity contribution is 0.0603. The Balaban J connectivity index is 1.56. The summed E-state index contributed by atoms with van der Waals surface area (Å²) < 4.78 is 33.2. The highest BCUT2D eigenvalue weighted by atomic mass is 32.2. The minimum Gasteiger partial charge on any atom is -0.465 e. The third kappa shape index (κ3) is 4.32. The van der Waals surface area contributed by atoms with Crippen molar-refractivity contribution in [2.24, 2.45) is 0 Å². The van der Waals surface area contributed by atoms with Crippen LogP contribution in [0.2, 0.25) is 0 Å². The highest BCUT2D eigenvalue weighted by molar-refractivity contribution is 7.88. The number of hydrogen-bond donors (Lipinski definition) is 0. The number of hydrogen-bond acceptors (Lipinski definition) is 6. The molecule has 2 aromatic carbocycles. The van der Waals surface area contributed by atoms with Crippen molar-refractivity contribution in [1.82, 2.24) is 13.8 Å². The second-order valence-corrected chi connectivity index (χ2v) is 9.85. The zero-order valence-electron chi connectivity index (χ0n) is 18.0. The highest BCUT2D eigenvalue weighted by Gasteiger charge is 2.26. The summed E-state index contributed by atoms with van der Waals surface area (Å²) in [6.45, 7) is 2.40. The van der Waals surface area contributed by atoms with Gasteiger partial charge in [0.25, 0.3) is 5.91 Å². The summed E-state index contributed by atoms with van der Waals surface area (Å²) in [5, 5.41) is 0.627. The van der Waals surface area contributed by atoms with Crippen molar-refractivity contribution in [1.29, 1.82) is 0 Å². The Hall–Kier alpha value is -3.01. The summed E-state index contributed by atoms with van der Waals surface area (Å²) in [5.41, 5.74) is 1.92. The molecular weight excluding hydrogens is 430 g/mol. The van der Waals surface area contributed by atoms with Gasteiger partial charge in [0.05, 0.1) is 23.9 Å². The number of carbonyl (C=O) groups excluding carboxylic acids is 2. The fourth-order valence-corrected chi connectivity index (χ4v) is 5.39. The lowest BCUT2D eigenvalue weighted by atomic mass is 10.1. The highest BCUT2D eigenvalue weighted by Crippen LogP contribution is 2.23. The van der Waals surface area contributed by atoms with Crippen LogP contribution in [-0.4, -0.2) is 74.4 Å². The first-order valence-electron chi connectivity index (χ1n) is 10.3. The van der Waals surface area contributed by atoms with Crippen molar-refractivity contribution in [2.75, 3.05) is 40.3 Å². The molecule has 0 atom stereocenters. The standard InChI is InChI=1S/C23H25N3O5S/c1-24-11-13-25(14-12-24)32(29,30)16-17-7-9-18(10-8-17)22(27)26-15-20(23(28)31-2)19-5-3-4-6-21(19)26/h3-10,15H,11-14,16H2,1-2H3. The molecule has 0 N–H and O–H groups in total. The molecule has 1 saturated heterocycles. The van der Waals surface area contributed by atoms with E-state index in [1.54, 1.807) is 48.5 Å². The van der Waals surface area contributed by atoms with Gasteiger partial charge in [0.1, 0.15) is 0 Å². The van der Waals surface area contributed by atoms with Crippen molar-refractivity contribution in [3.05, 3.63) is 71.4 Å². The van der Waals surface area contributed by atoms with E-state index in [2.05, 4.69) is 4.90 Å². The number of fused-ring (bicyclic) bond motifs is 1. The summed E-state index contributed by atoms with van der Waals surface area (Å²) in [6, 6.07) is 13.7. The molecule has 8 nitrogen and oxygen atoms in total. The van der Waals surface area contributed by atoms with Crippen LogP contribution in [0, 0.1) is 0 Å². The maximum atomic E-state index is 13.1. The van der Waals surface area contributed by atoms with Gasteiger partial charge in [0, 0.05) is 43.3 Å². The second-order valence-electron chi connectivity index (χ2n) is 7.88. The Labute approximate surface area is 187 Å². The molecule has 0 radical (unpaired) electrons. The molecule has 0 amide bonds. The van der Waals surface area contributed by atoms with Crippen molar-refractivity contribution in [2.45, 2.75) is 5.75 Å². The monoisotopic (exact) mass is 455 g/mol. The van der Waals surface area contributed by atoms with E-state index < -0.39 is 16.0 Å². The molecular formula is C23H25N3O5S. The lowest BCUT2D eigenvalue weighted by Crippen LogP contribution is -2.47. The number of aromatic nitrogens is 1. The zero-order valence-corrected chi connectivity index (χ0v) is 18.8. The van der Waals surface area contributed by atoms with E-state index >= 15 is 0 Å². The van der Waals surface area contributed by atoms with Crippen molar-refractivity contribution in [3.63, 3.8) is 0 Å². The molecule has 4 rings (SSSR count). The number of rotatable bonds is 5. The first kappa shape index (κ1) is 22.2. The summed E-state index contributed by atoms with van der Waals surface area (Å²) in [5.74, 6) is -0.938. The average Bonchev–Trinajstić information content (AvgIpc) is 3.18. The fraction of sp³-hybridized carbons (Fsp3) is 0.304. The van der Waals surface area contributed by atoms with E-state index in [4.69, 9.17) is 4.74 Å². The lowest BCUT2D eigenvalue weighted by Gasteiger charge is -2.31. The van der Waals surface area contributed by atoms with Crippen LogP contribution in [0.1, 0.15) is 26.3 Å². The fourth-order valence-electron chi connectivity index (χ4n) is 3.87. The first-order chi connectivity index (χ1) is 15.3. The second kappa shape index (κ2) is 8.85. The largest absolute Gasteiger partial charge is 0.465 e. The van der Waals surface area contributed by atoms with Crippen LogP contribution in [0.15, 0.2) is 54.7 Å². The average molecular weight is 456 g/mol. The number of benzene rings is 2. The number of carbonyl (C=O) groups is 2. The zero-order chi connectivity index (χ0) is 22.9. The quantitative estimate of drug-likeness (QED) is 0.548. The first-order valence-corrected chi connectivity index (χ1v) is 11.9. The molecule has 3 aromatic rings. The third-order valence-electron chi connectivity index (χ3n) is 5.74. The molecule has 1 aliphatic rings. The van der Waals surface area contributed by atoms with Crippen LogP contribution in [0.5, 0.6) is 0 Å². The smallest absolute Gasteiger partial charge is 0.340 e. The predicted octanol–water partition coefficient (Wildman–Crippen LogP) is 2.19. The number of ether oxygens (including phenoxy) is 1. The molecule has 1 aliphatic heterocycles. The molecule has 0 aliphatic carbocycles. The van der Waals surface area contributed by atoms with Crippen molar-refractivity contribution < 1.29 is 22.7 Å². The van der Waals surface area contributed by atoms with Gasteiger partial charge in [0.2, 0.25) is 10.0 Å². The number of piperazine rings is 1. The molecule has 1 fully saturated rings. The Morgan fingerprint density at radius 2 is 1.62 bits per heavy atom. The number of para-hydroxylation sites is 1. The number of sulfonamides is 1. The molecule has 2 heterocycles. The summed E-state index contributed by atoms with van der Waals surface area (Å²) >= 11 is 0. The topological polar surface area (TPSA) is 88.9 Å². The van der Waals surface area contributed by atoms with E-state index in [9.17, 15) is 18.0 Å². The molecule has 168 valence electrons. The van der Waals surface area contributed by atoms with E-state index in [0.717, 1.165) is 0 Å². The predicted molar refractivity (Wildman–Crippen MR) is 121 cm³/mol. The van der Waals surface area contributed by atoms with E-state index in [-0.39, 0.29) is 11.7 Å². The maximum Gasteiger partial charge on any atom is 0.340 e. The summed E-state index contributed by atoms with van der Waals surface area (Å²) in [7, 11) is -0.147. The Morgan fingerprint density at radius 1 is 0.969 bits per heavy atom. The van der Waals surface area contributed by atoms with E-state index in [1.807, 2.05) is 7.05 Å². The normalized spacial score (nSPS) is 15.7. The van der Waals surface area contributed by atoms with Gasteiger partial charge in [-0.05, 0) is 30.8 Å². The van der Waals surface area contributed by atoms with Crippen molar-refractivity contribution in [3.8, 4) is 0 Å². The third-order valence-corrected chi connectivity index (χ3v) is 7.59. The number of esters is 1. The van der Waals surface area contributed by atoms with Gasteiger partial charge in [0.15, 0.2) is 0 Å². The van der Waals surface area contributed by atoms with Gasteiger partial charge in [-0.1, -0.05) is 30.3 Å². The summed E-state index contributed by atoms with van der Waals surface area (Å²) in [6.07, 6.45) is 1.48. The van der Waals surface area contributed by atoms with Gasteiger partial charge >= 0.3 is 5.97 Å². The van der Waals surface area contributed by atoms with Crippen LogP contribution in [0.3, 0.4) is 0 Å². The maximum absolute atomic E-state index is 13.1. The minimum atomic E-state index is -3.42. The molecule has 0 saturated carbocycles. The van der Waals surface area contributed by atoms with Crippen LogP contribution in [0.4, 0.5) is 0 Å². The minimum absolute atomic E-state index is 0.107. The van der Waals surface area contributed by atoms with Crippen LogP contribution in [0.25, 0.3) is 10.9 Å². The van der Waals surface area contributed by atoms with Gasteiger partial charge in [-0.2, -0.15) is 4.31 Å². The van der Waals surface area contributed by atoms with Crippen LogP contribution in [-0.2, 0) is 20.5 Å². The van der Waals surface area contributed by atoms with Crippen molar-refractivity contribution >= 4 is 32.8 Å². The Bertz CT molecular complexity index is 1260. The summed E-state index contributed by atoms with van der Waals surface area (Å²) in [4.78, 5) is 27.4. The Morgan fingerprint density at radius 3 is 2.28 bits per heavy atom. The number of methoxy groups -OCH3 is 1. The number of likely N-dealkylation sites (N-methyl/N-ethyl adjacent to an activating group) is 1. The molecule has 32 heavy (non-hydrogen) atoms. The van der Waals surface area contributed by atoms with E-state index in [0.29, 0.717) is 53.8 Å². The van der Waals surface area contributed by atoms with Gasteiger partial charge in [-0.3, -0.25) is 9.36 Å². The van der Waals surface area contributed by atoms with Gasteiger partial charge < -0.3 is 9.64 Å². The molecule has 0 bridgehead atoms. The van der Waals surface area contributed by atoms with E-state index in [1.165, 1.54) is 22.2 Å². The van der Waals surface area contributed by atoms with Crippen LogP contribution < -0.4 is 0 Å². The van der Waals surface area contributed by atoms with Gasteiger partial charge in [-0.15, -0.1) is 0 Å². The Kier molecular flexibility index (Phi) is 6.14. The van der Waals surface area contributed by atoms with Gasteiger partial charge in [-0.25, -0.2) is 13.2 Å². The SMILES string of the molecule is COC(=O)c1cn(C(=O)c2ccc(CS(=O)(=O)N3CCN(C)CC3)cc2)c2ccccc12. The van der Waals surface area contributed by atoms with Crippen LogP contribution >= 0.6 is 0 Å². The molecule has 0 unspecified atom stereocenters. The molecule has 1 aromatic heterocycles. The number of nitrogens with zero attached hydrogens (tertiary/aromatic N) is 3.